The summed E-state index contributed by atoms with van der Waals surface area (Å²) < 4.78 is -0.903. The third kappa shape index (κ3) is 3.92. The van der Waals surface area contributed by atoms with Crippen molar-refractivity contribution in [3.63, 3.8) is 0 Å². The molecule has 3 fully saturated rings. The average Bonchev–Trinajstić information content (AvgIpc) is 3.36. The fraction of sp³-hybridized carbons (Fsp3) is 0.429. The van der Waals surface area contributed by atoms with Gasteiger partial charge in [-0.15, -0.1) is 11.8 Å². The molecule has 3 aliphatic rings. The number of rotatable bonds is 7. The van der Waals surface area contributed by atoms with Crippen LogP contribution in [0.3, 0.4) is 0 Å². The van der Waals surface area contributed by atoms with Crippen molar-refractivity contribution < 1.29 is 33.9 Å². The van der Waals surface area contributed by atoms with Gasteiger partial charge in [-0.3, -0.25) is 14.4 Å². The molecule has 5 N–H and O–H groups in total. The molecule has 1 aromatic carbocycles. The van der Waals surface area contributed by atoms with E-state index in [9.17, 15) is 33.9 Å². The molecule has 186 valence electrons. The molecule has 0 radical (unpaired) electrons. The Morgan fingerprint density at radius 3 is 2.49 bits per heavy atom. The Labute approximate surface area is 203 Å². The number of carbonyl (C=O) groups excluding carboxylic acids is 5. The molecule has 3 aliphatic heterocycles. The van der Waals surface area contributed by atoms with Crippen LogP contribution in [0.4, 0.5) is 9.59 Å². The highest BCUT2D eigenvalue weighted by atomic mass is 32.2. The zero-order valence-electron chi connectivity index (χ0n) is 18.8. The summed E-state index contributed by atoms with van der Waals surface area (Å²) in [7, 11) is 0. The number of urea groups is 2. The van der Waals surface area contributed by atoms with Crippen molar-refractivity contribution in [3.05, 3.63) is 35.9 Å². The number of amides is 7. The van der Waals surface area contributed by atoms with Gasteiger partial charge in [0, 0.05) is 17.8 Å². The lowest BCUT2D eigenvalue weighted by Crippen LogP contribution is -2.85. The number of fused-ring (bicyclic) bond motifs is 1. The molecule has 35 heavy (non-hydrogen) atoms. The molecule has 0 aromatic heterocycles. The number of imide groups is 1. The van der Waals surface area contributed by atoms with E-state index in [0.29, 0.717) is 5.56 Å². The van der Waals surface area contributed by atoms with E-state index >= 15 is 0 Å². The lowest BCUT2D eigenvalue weighted by atomic mass is 9.91. The number of carboxylic acids is 1. The molecular weight excluding hydrogens is 480 g/mol. The number of carbonyl (C=O) groups is 6. The molecule has 14 heteroatoms. The standard InChI is InChI=1S/C21H24N6O7S/c1-20(2)13(15(30)31)27-16(32)21(23-10-28,17(27)35-20)25-14(29)12(11-6-4-3-5-7-11)24-19(34)26-9-8-22-18(26)33/h3-7,10,12-13,17H,8-9H2,1-2H3,(H,22,33)(H,23,28)(H,24,34)(H,25,29)(H,30,31)/t12?,13-,17+,21+/m0/s1. The van der Waals surface area contributed by atoms with Gasteiger partial charge in [-0.05, 0) is 19.4 Å². The number of benzene rings is 1. The second-order valence-electron chi connectivity index (χ2n) is 8.76. The first kappa shape index (κ1) is 24.3. The number of carboxylic acid groups (broad SMARTS) is 1. The number of nitrogens with one attached hydrogen (secondary N) is 4. The van der Waals surface area contributed by atoms with E-state index in [4.69, 9.17) is 0 Å². The van der Waals surface area contributed by atoms with Crippen LogP contribution in [0, 0.1) is 0 Å². The van der Waals surface area contributed by atoms with Gasteiger partial charge in [0.25, 0.3) is 5.91 Å². The van der Waals surface area contributed by atoms with Crippen molar-refractivity contribution in [2.24, 2.45) is 0 Å². The Hall–Kier alpha value is -3.81. The molecule has 13 nitrogen and oxygen atoms in total. The first-order chi connectivity index (χ1) is 16.5. The summed E-state index contributed by atoms with van der Waals surface area (Å²) in [6.45, 7) is 3.69. The molecular formula is C21H24N6O7S. The molecule has 4 rings (SSSR count). The molecule has 1 aromatic rings. The zero-order chi connectivity index (χ0) is 25.5. The Kier molecular flexibility index (Phi) is 6.09. The second kappa shape index (κ2) is 8.76. The molecule has 3 saturated heterocycles. The topological polar surface area (TPSA) is 177 Å². The Morgan fingerprint density at radius 2 is 1.91 bits per heavy atom. The Balaban J connectivity index is 1.62. The minimum Gasteiger partial charge on any atom is -0.480 e. The van der Waals surface area contributed by atoms with Crippen LogP contribution < -0.4 is 21.3 Å². The van der Waals surface area contributed by atoms with E-state index in [1.165, 1.54) is 0 Å². The second-order valence-corrected chi connectivity index (χ2v) is 10.5. The first-order valence-electron chi connectivity index (χ1n) is 10.7. The van der Waals surface area contributed by atoms with Gasteiger partial charge in [-0.25, -0.2) is 19.3 Å². The fourth-order valence-corrected chi connectivity index (χ4v) is 6.17. The summed E-state index contributed by atoms with van der Waals surface area (Å²) >= 11 is 1.13. The highest BCUT2D eigenvalue weighted by Gasteiger charge is 2.72. The highest BCUT2D eigenvalue weighted by molar-refractivity contribution is 8.01. The zero-order valence-corrected chi connectivity index (χ0v) is 19.6. The van der Waals surface area contributed by atoms with Gasteiger partial charge in [-0.1, -0.05) is 30.3 Å². The SMILES string of the molecule is CC1(C)S[C@H]2N(C(=O)[C@@]2(NC=O)NC(=O)C(NC(=O)N2CCNC2=O)c2ccccc2)[C@H]1C(=O)O. The Morgan fingerprint density at radius 1 is 1.23 bits per heavy atom. The summed E-state index contributed by atoms with van der Waals surface area (Å²) in [6.07, 6.45) is 0.252. The number of hydrogen-bond acceptors (Lipinski definition) is 7. The third-order valence-corrected chi connectivity index (χ3v) is 7.79. The number of hydrogen-bond donors (Lipinski definition) is 5. The molecule has 4 atom stereocenters. The predicted molar refractivity (Wildman–Crippen MR) is 122 cm³/mol. The van der Waals surface area contributed by atoms with Crippen LogP contribution in [-0.2, 0) is 19.2 Å². The van der Waals surface area contributed by atoms with Gasteiger partial charge in [-0.2, -0.15) is 0 Å². The molecule has 0 spiro atoms. The van der Waals surface area contributed by atoms with E-state index in [1.807, 2.05) is 0 Å². The highest BCUT2D eigenvalue weighted by Crippen LogP contribution is 2.54. The van der Waals surface area contributed by atoms with Crippen LogP contribution >= 0.6 is 11.8 Å². The average molecular weight is 505 g/mol. The van der Waals surface area contributed by atoms with Crippen molar-refractivity contribution in [1.82, 2.24) is 31.1 Å². The van der Waals surface area contributed by atoms with Gasteiger partial charge >= 0.3 is 18.0 Å². The number of β-lactam (4-membered cyclic amide) rings is 1. The lowest BCUT2D eigenvalue weighted by molar-refractivity contribution is -0.172. The maximum absolute atomic E-state index is 13.5. The molecule has 7 amide bonds. The normalized spacial score (nSPS) is 27.3. The van der Waals surface area contributed by atoms with E-state index in [-0.39, 0.29) is 19.5 Å². The van der Waals surface area contributed by atoms with Crippen molar-refractivity contribution in [3.8, 4) is 0 Å². The molecule has 0 bridgehead atoms. The van der Waals surface area contributed by atoms with Crippen molar-refractivity contribution in [2.45, 2.75) is 41.7 Å². The van der Waals surface area contributed by atoms with Gasteiger partial charge in [0.05, 0.1) is 0 Å². The van der Waals surface area contributed by atoms with Crippen LogP contribution in [0.25, 0.3) is 0 Å². The summed E-state index contributed by atoms with van der Waals surface area (Å²) in [5.74, 6) is -2.82. The first-order valence-corrected chi connectivity index (χ1v) is 11.6. The number of nitrogens with zero attached hydrogens (tertiary/aromatic N) is 2. The van der Waals surface area contributed by atoms with Crippen LogP contribution in [0.1, 0.15) is 25.5 Å². The predicted octanol–water partition coefficient (Wildman–Crippen LogP) is -0.832. The van der Waals surface area contributed by atoms with E-state index in [1.54, 1.807) is 44.2 Å². The van der Waals surface area contributed by atoms with Crippen LogP contribution in [-0.4, -0.2) is 86.1 Å². The maximum Gasteiger partial charge on any atom is 0.327 e. The van der Waals surface area contributed by atoms with Gasteiger partial charge in [0.1, 0.15) is 17.5 Å². The fourth-order valence-electron chi connectivity index (χ4n) is 4.52. The monoisotopic (exact) mass is 504 g/mol. The maximum atomic E-state index is 13.5. The van der Waals surface area contributed by atoms with Crippen LogP contribution in [0.15, 0.2) is 30.3 Å². The quantitative estimate of drug-likeness (QED) is 0.181. The molecule has 3 heterocycles. The lowest BCUT2D eigenvalue weighted by Gasteiger charge is -2.52. The van der Waals surface area contributed by atoms with Crippen LogP contribution in [0.2, 0.25) is 0 Å². The molecule has 1 unspecified atom stereocenters. The summed E-state index contributed by atoms with van der Waals surface area (Å²) in [5.41, 5.74) is -1.54. The minimum atomic E-state index is -1.91. The third-order valence-electron chi connectivity index (χ3n) is 6.15. The largest absolute Gasteiger partial charge is 0.480 e. The van der Waals surface area contributed by atoms with Gasteiger partial charge in [0.15, 0.2) is 0 Å². The van der Waals surface area contributed by atoms with Gasteiger partial charge in [0.2, 0.25) is 18.0 Å². The van der Waals surface area contributed by atoms with Crippen molar-refractivity contribution in [1.29, 1.82) is 0 Å². The number of thioether (sulfide) groups is 1. The van der Waals surface area contributed by atoms with Crippen LogP contribution in [0.5, 0.6) is 0 Å². The molecule has 0 saturated carbocycles. The summed E-state index contributed by atoms with van der Waals surface area (Å²) in [4.78, 5) is 76.6. The van der Waals surface area contributed by atoms with Crippen molar-refractivity contribution in [2.75, 3.05) is 13.1 Å². The Bertz CT molecular complexity index is 1100. The number of aliphatic carboxylic acids is 1. The van der Waals surface area contributed by atoms with Crippen molar-refractivity contribution >= 4 is 48.0 Å². The summed E-state index contributed by atoms with van der Waals surface area (Å²) in [6, 6.07) is 4.25. The summed E-state index contributed by atoms with van der Waals surface area (Å²) in [5, 5.41) is 18.7. The van der Waals surface area contributed by atoms with E-state index < -0.39 is 57.7 Å². The molecule has 0 aliphatic carbocycles. The van der Waals surface area contributed by atoms with E-state index in [2.05, 4.69) is 21.3 Å². The minimum absolute atomic E-state index is 0.113. The van der Waals surface area contributed by atoms with E-state index in [0.717, 1.165) is 21.6 Å². The van der Waals surface area contributed by atoms with Gasteiger partial charge < -0.3 is 31.3 Å². The smallest absolute Gasteiger partial charge is 0.327 e.